The minimum absolute atomic E-state index is 0.808. The summed E-state index contributed by atoms with van der Waals surface area (Å²) in [5.41, 5.74) is 0. The van der Waals surface area contributed by atoms with Gasteiger partial charge in [0.2, 0.25) is 0 Å². The van der Waals surface area contributed by atoms with Gasteiger partial charge in [0.1, 0.15) is 0 Å². The van der Waals surface area contributed by atoms with Crippen molar-refractivity contribution in [2.24, 2.45) is 23.7 Å². The highest BCUT2D eigenvalue weighted by molar-refractivity contribution is 4.95. The molecule has 2 bridgehead atoms. The first-order chi connectivity index (χ1) is 8.78. The van der Waals surface area contributed by atoms with Gasteiger partial charge in [0.15, 0.2) is 0 Å². The summed E-state index contributed by atoms with van der Waals surface area (Å²) in [6.45, 7) is 4.70. The standard InChI is InChI=1S/C17H33N/c1-4-6-7-13(5-2)12-17(18-3)16-11-14-8-9-15(16)10-14/h13-18H,4-12H2,1-3H3. The molecule has 0 heterocycles. The SMILES string of the molecule is CCCCC(CC)CC(NC)C1CC2CCC1C2. The van der Waals surface area contributed by atoms with Crippen molar-refractivity contribution in [3.63, 3.8) is 0 Å². The number of hydrogen-bond donors (Lipinski definition) is 1. The Kier molecular flexibility index (Phi) is 5.54. The number of hydrogen-bond acceptors (Lipinski definition) is 1. The van der Waals surface area contributed by atoms with Gasteiger partial charge in [-0.2, -0.15) is 0 Å². The fourth-order valence-electron chi connectivity index (χ4n) is 4.63. The third-order valence-corrected chi connectivity index (χ3v) is 5.81. The largest absolute Gasteiger partial charge is 0.317 e. The van der Waals surface area contributed by atoms with Crippen LogP contribution in [-0.4, -0.2) is 13.1 Å². The highest BCUT2D eigenvalue weighted by Gasteiger charge is 2.42. The molecule has 2 aliphatic rings. The van der Waals surface area contributed by atoms with Crippen LogP contribution in [-0.2, 0) is 0 Å². The molecule has 0 aromatic heterocycles. The van der Waals surface area contributed by atoms with E-state index in [-0.39, 0.29) is 0 Å². The Morgan fingerprint density at radius 2 is 2.00 bits per heavy atom. The molecule has 5 atom stereocenters. The van der Waals surface area contributed by atoms with Gasteiger partial charge in [-0.3, -0.25) is 0 Å². The van der Waals surface area contributed by atoms with E-state index in [9.17, 15) is 0 Å². The number of unbranched alkanes of at least 4 members (excludes halogenated alkanes) is 1. The van der Waals surface area contributed by atoms with Gasteiger partial charge in [-0.1, -0.05) is 46.0 Å². The highest BCUT2D eigenvalue weighted by atomic mass is 14.9. The van der Waals surface area contributed by atoms with Gasteiger partial charge in [-0.15, -0.1) is 0 Å². The summed E-state index contributed by atoms with van der Waals surface area (Å²) < 4.78 is 0. The Labute approximate surface area is 114 Å². The molecule has 2 rings (SSSR count). The molecule has 2 fully saturated rings. The van der Waals surface area contributed by atoms with Crippen LogP contribution in [0.25, 0.3) is 0 Å². The Morgan fingerprint density at radius 1 is 1.17 bits per heavy atom. The molecule has 2 saturated carbocycles. The lowest BCUT2D eigenvalue weighted by Gasteiger charge is -2.32. The second-order valence-electron chi connectivity index (χ2n) is 6.89. The summed E-state index contributed by atoms with van der Waals surface area (Å²) in [6.07, 6.45) is 13.2. The first-order valence-corrected chi connectivity index (χ1v) is 8.45. The van der Waals surface area contributed by atoms with Gasteiger partial charge in [-0.05, 0) is 56.4 Å². The van der Waals surface area contributed by atoms with E-state index >= 15 is 0 Å². The van der Waals surface area contributed by atoms with Crippen LogP contribution >= 0.6 is 0 Å². The summed E-state index contributed by atoms with van der Waals surface area (Å²) in [7, 11) is 2.20. The van der Waals surface area contributed by atoms with Crippen molar-refractivity contribution in [2.75, 3.05) is 7.05 Å². The van der Waals surface area contributed by atoms with Crippen molar-refractivity contribution in [3.05, 3.63) is 0 Å². The molecule has 1 heteroatoms. The lowest BCUT2D eigenvalue weighted by Crippen LogP contribution is -2.38. The van der Waals surface area contributed by atoms with Crippen molar-refractivity contribution in [2.45, 2.75) is 77.7 Å². The van der Waals surface area contributed by atoms with Crippen molar-refractivity contribution in [1.82, 2.24) is 5.32 Å². The molecule has 1 N–H and O–H groups in total. The van der Waals surface area contributed by atoms with Crippen LogP contribution in [0.5, 0.6) is 0 Å². The Bertz CT molecular complexity index is 238. The van der Waals surface area contributed by atoms with E-state index in [4.69, 9.17) is 0 Å². The van der Waals surface area contributed by atoms with Crippen LogP contribution in [0.15, 0.2) is 0 Å². The fourth-order valence-corrected chi connectivity index (χ4v) is 4.63. The molecule has 1 nitrogen and oxygen atoms in total. The van der Waals surface area contributed by atoms with E-state index < -0.39 is 0 Å². The van der Waals surface area contributed by atoms with Gasteiger partial charge in [0.05, 0.1) is 0 Å². The molecule has 0 radical (unpaired) electrons. The summed E-state index contributed by atoms with van der Waals surface area (Å²) in [4.78, 5) is 0. The number of nitrogens with one attached hydrogen (secondary N) is 1. The molecule has 0 aliphatic heterocycles. The van der Waals surface area contributed by atoms with Crippen molar-refractivity contribution >= 4 is 0 Å². The van der Waals surface area contributed by atoms with E-state index in [1.54, 1.807) is 6.42 Å². The normalized spacial score (nSPS) is 33.8. The second-order valence-corrected chi connectivity index (χ2v) is 6.89. The monoisotopic (exact) mass is 251 g/mol. The van der Waals surface area contributed by atoms with Crippen LogP contribution in [0.1, 0.15) is 71.6 Å². The maximum Gasteiger partial charge on any atom is 0.00977 e. The topological polar surface area (TPSA) is 12.0 Å². The van der Waals surface area contributed by atoms with Gasteiger partial charge in [-0.25, -0.2) is 0 Å². The third kappa shape index (κ3) is 3.29. The highest BCUT2D eigenvalue weighted by Crippen LogP contribution is 2.50. The van der Waals surface area contributed by atoms with Gasteiger partial charge in [0.25, 0.3) is 0 Å². The van der Waals surface area contributed by atoms with E-state index in [1.165, 1.54) is 51.4 Å². The molecule has 18 heavy (non-hydrogen) atoms. The lowest BCUT2D eigenvalue weighted by atomic mass is 9.78. The molecule has 0 aromatic rings. The lowest BCUT2D eigenvalue weighted by molar-refractivity contribution is 0.218. The molecule has 0 aromatic carbocycles. The summed E-state index contributed by atoms with van der Waals surface area (Å²) in [5.74, 6) is 4.12. The average molecular weight is 251 g/mol. The maximum atomic E-state index is 3.67. The Hall–Kier alpha value is -0.0400. The predicted octanol–water partition coefficient (Wildman–Crippen LogP) is 4.62. The summed E-state index contributed by atoms with van der Waals surface area (Å²) in [5, 5.41) is 3.67. The first-order valence-electron chi connectivity index (χ1n) is 8.45. The molecule has 106 valence electrons. The maximum absolute atomic E-state index is 3.67. The molecular weight excluding hydrogens is 218 g/mol. The fraction of sp³-hybridized carbons (Fsp3) is 1.00. The van der Waals surface area contributed by atoms with Crippen LogP contribution in [0.2, 0.25) is 0 Å². The quantitative estimate of drug-likeness (QED) is 0.664. The minimum atomic E-state index is 0.808. The number of rotatable bonds is 8. The minimum Gasteiger partial charge on any atom is -0.317 e. The van der Waals surface area contributed by atoms with Crippen molar-refractivity contribution < 1.29 is 0 Å². The molecular formula is C17H33N. The van der Waals surface area contributed by atoms with E-state index in [1.807, 2.05) is 0 Å². The van der Waals surface area contributed by atoms with Gasteiger partial charge < -0.3 is 5.32 Å². The molecule has 0 spiro atoms. The second kappa shape index (κ2) is 6.93. The zero-order valence-electron chi connectivity index (χ0n) is 12.8. The molecule has 0 saturated heterocycles. The molecule has 2 aliphatic carbocycles. The van der Waals surface area contributed by atoms with E-state index in [2.05, 4.69) is 26.2 Å². The van der Waals surface area contributed by atoms with E-state index in [0.29, 0.717) is 0 Å². The molecule has 0 amide bonds. The van der Waals surface area contributed by atoms with Crippen LogP contribution in [0, 0.1) is 23.7 Å². The third-order valence-electron chi connectivity index (χ3n) is 5.81. The summed E-state index contributed by atoms with van der Waals surface area (Å²) in [6, 6.07) is 0.808. The van der Waals surface area contributed by atoms with Crippen molar-refractivity contribution in [3.8, 4) is 0 Å². The average Bonchev–Trinajstić information content (AvgIpc) is 3.01. The number of fused-ring (bicyclic) bond motifs is 2. The smallest absolute Gasteiger partial charge is 0.00977 e. The zero-order chi connectivity index (χ0) is 13.0. The predicted molar refractivity (Wildman–Crippen MR) is 79.7 cm³/mol. The van der Waals surface area contributed by atoms with Crippen molar-refractivity contribution in [1.29, 1.82) is 0 Å². The van der Waals surface area contributed by atoms with Crippen LogP contribution in [0.4, 0.5) is 0 Å². The van der Waals surface area contributed by atoms with Crippen LogP contribution < -0.4 is 5.32 Å². The zero-order valence-corrected chi connectivity index (χ0v) is 12.8. The van der Waals surface area contributed by atoms with Gasteiger partial charge >= 0.3 is 0 Å². The van der Waals surface area contributed by atoms with Gasteiger partial charge in [0, 0.05) is 6.04 Å². The first kappa shape index (κ1) is 14.4. The Morgan fingerprint density at radius 3 is 2.50 bits per heavy atom. The Balaban J connectivity index is 1.84. The van der Waals surface area contributed by atoms with Crippen LogP contribution in [0.3, 0.4) is 0 Å². The van der Waals surface area contributed by atoms with E-state index in [0.717, 1.165) is 29.7 Å². The summed E-state index contributed by atoms with van der Waals surface area (Å²) >= 11 is 0. The molecule has 5 unspecified atom stereocenters.